The number of hydrogen-bond donors (Lipinski definition) is 2. The van der Waals surface area contributed by atoms with E-state index in [-0.39, 0.29) is 18.2 Å². The molecule has 1 aromatic carbocycles. The van der Waals surface area contributed by atoms with Gasteiger partial charge in [0, 0.05) is 24.6 Å². The molecule has 0 radical (unpaired) electrons. The first-order chi connectivity index (χ1) is 11.7. The lowest BCUT2D eigenvalue weighted by Crippen LogP contribution is -2.47. The van der Waals surface area contributed by atoms with Crippen molar-refractivity contribution in [1.29, 1.82) is 0 Å². The molecule has 0 saturated heterocycles. The quantitative estimate of drug-likeness (QED) is 0.659. The lowest BCUT2D eigenvalue weighted by atomic mass is 10.1. The summed E-state index contributed by atoms with van der Waals surface area (Å²) in [6.07, 6.45) is 3.32. The number of guanidine groups is 1. The van der Waals surface area contributed by atoms with Crippen LogP contribution in [-0.2, 0) is 19.5 Å². The molecule has 2 heterocycles. The molecule has 1 aliphatic heterocycles. The maximum atomic E-state index is 13.7. The van der Waals surface area contributed by atoms with Gasteiger partial charge in [0.05, 0.1) is 13.1 Å². The second kappa shape index (κ2) is 7.37. The van der Waals surface area contributed by atoms with Gasteiger partial charge >= 0.3 is 0 Å². The summed E-state index contributed by atoms with van der Waals surface area (Å²) in [7, 11) is 0. The summed E-state index contributed by atoms with van der Waals surface area (Å²) < 4.78 is 28.8. The number of rotatable bonds is 4. The summed E-state index contributed by atoms with van der Waals surface area (Å²) in [6, 6.07) is 3.55. The van der Waals surface area contributed by atoms with Crippen LogP contribution in [0.4, 0.5) is 8.78 Å². The van der Waals surface area contributed by atoms with Crippen LogP contribution >= 0.6 is 0 Å². The van der Waals surface area contributed by atoms with Crippen molar-refractivity contribution >= 4 is 5.96 Å². The van der Waals surface area contributed by atoms with Gasteiger partial charge in [0.15, 0.2) is 5.96 Å². The van der Waals surface area contributed by atoms with Gasteiger partial charge in [-0.25, -0.2) is 23.4 Å². The van der Waals surface area contributed by atoms with E-state index >= 15 is 0 Å². The number of benzene rings is 1. The van der Waals surface area contributed by atoms with Gasteiger partial charge in [-0.15, -0.1) is 0 Å². The Labute approximate surface area is 139 Å². The number of aromatic nitrogens is 3. The number of halogens is 2. The molecule has 0 fully saturated rings. The van der Waals surface area contributed by atoms with E-state index in [1.807, 2.05) is 11.6 Å². The number of fused-ring (bicyclic) bond motifs is 1. The third-order valence-electron chi connectivity index (χ3n) is 3.91. The highest BCUT2D eigenvalue weighted by Gasteiger charge is 2.20. The molecule has 128 valence electrons. The Morgan fingerprint density at radius 3 is 3.12 bits per heavy atom. The van der Waals surface area contributed by atoms with Crippen LogP contribution in [-0.4, -0.2) is 33.3 Å². The third-order valence-corrected chi connectivity index (χ3v) is 3.91. The van der Waals surface area contributed by atoms with Crippen molar-refractivity contribution in [2.24, 2.45) is 4.99 Å². The number of nitrogens with zero attached hydrogens (tertiary/aromatic N) is 4. The van der Waals surface area contributed by atoms with Crippen molar-refractivity contribution in [2.75, 3.05) is 6.54 Å². The van der Waals surface area contributed by atoms with E-state index in [0.717, 1.165) is 30.8 Å². The average molecular weight is 334 g/mol. The Hall–Kier alpha value is -2.51. The van der Waals surface area contributed by atoms with Gasteiger partial charge in [0.1, 0.15) is 23.8 Å². The minimum Gasteiger partial charge on any atom is -0.357 e. The Bertz CT molecular complexity index is 727. The predicted octanol–water partition coefficient (Wildman–Crippen LogP) is 1.63. The summed E-state index contributed by atoms with van der Waals surface area (Å²) in [5, 5.41) is 10.6. The normalized spacial score (nSPS) is 17.5. The standard InChI is InChI=1S/C16H20F2N6/c1-2-19-16(20-8-11-7-12(17)3-5-14(11)18)23-13-4-6-15-21-10-22-24(15)9-13/h3,5,7,10,13H,2,4,6,8-9H2,1H3,(H2,19,20,23). The molecule has 3 rings (SSSR count). The topological polar surface area (TPSA) is 67.1 Å². The molecule has 0 spiro atoms. The Kier molecular flexibility index (Phi) is 5.02. The first-order valence-corrected chi connectivity index (χ1v) is 8.01. The van der Waals surface area contributed by atoms with Crippen LogP contribution in [0.15, 0.2) is 29.5 Å². The summed E-state index contributed by atoms with van der Waals surface area (Å²) in [6.45, 7) is 3.41. The smallest absolute Gasteiger partial charge is 0.191 e. The zero-order valence-electron chi connectivity index (χ0n) is 13.5. The maximum absolute atomic E-state index is 13.7. The zero-order chi connectivity index (χ0) is 16.9. The fraction of sp³-hybridized carbons (Fsp3) is 0.438. The molecule has 1 unspecified atom stereocenters. The summed E-state index contributed by atoms with van der Waals surface area (Å²) in [5.41, 5.74) is 0.231. The number of hydrogen-bond acceptors (Lipinski definition) is 3. The van der Waals surface area contributed by atoms with Crippen molar-refractivity contribution < 1.29 is 8.78 Å². The van der Waals surface area contributed by atoms with Crippen molar-refractivity contribution in [3.05, 3.63) is 47.5 Å². The number of nitrogens with one attached hydrogen (secondary N) is 2. The SMILES string of the molecule is CCNC(=NCc1cc(F)ccc1F)NC1CCc2ncnn2C1. The van der Waals surface area contributed by atoms with Crippen molar-refractivity contribution in [1.82, 2.24) is 25.4 Å². The molecule has 24 heavy (non-hydrogen) atoms. The van der Waals surface area contributed by atoms with Crippen LogP contribution in [0, 0.1) is 11.6 Å². The van der Waals surface area contributed by atoms with Gasteiger partial charge in [0.25, 0.3) is 0 Å². The summed E-state index contributed by atoms with van der Waals surface area (Å²) in [5.74, 6) is 0.637. The lowest BCUT2D eigenvalue weighted by Gasteiger charge is -2.25. The number of aryl methyl sites for hydroxylation is 1. The van der Waals surface area contributed by atoms with E-state index in [1.54, 1.807) is 6.33 Å². The predicted molar refractivity (Wildman–Crippen MR) is 86.4 cm³/mol. The number of aliphatic imine (C=N–C) groups is 1. The Morgan fingerprint density at radius 1 is 1.42 bits per heavy atom. The van der Waals surface area contributed by atoms with Crippen LogP contribution in [0.1, 0.15) is 24.7 Å². The second-order valence-electron chi connectivity index (χ2n) is 5.67. The molecule has 2 aromatic rings. The van der Waals surface area contributed by atoms with Gasteiger partial charge in [0.2, 0.25) is 0 Å². The summed E-state index contributed by atoms with van der Waals surface area (Å²) >= 11 is 0. The van der Waals surface area contributed by atoms with Crippen LogP contribution < -0.4 is 10.6 Å². The summed E-state index contributed by atoms with van der Waals surface area (Å²) in [4.78, 5) is 8.57. The van der Waals surface area contributed by atoms with Gasteiger partial charge in [-0.1, -0.05) is 0 Å². The molecule has 1 aliphatic rings. The molecule has 0 saturated carbocycles. The van der Waals surface area contributed by atoms with Crippen LogP contribution in [0.25, 0.3) is 0 Å². The van der Waals surface area contributed by atoms with E-state index in [0.29, 0.717) is 19.0 Å². The highest BCUT2D eigenvalue weighted by Crippen LogP contribution is 2.12. The van der Waals surface area contributed by atoms with Crippen molar-refractivity contribution in [2.45, 2.75) is 38.9 Å². The molecule has 1 atom stereocenters. The van der Waals surface area contributed by atoms with E-state index in [2.05, 4.69) is 25.7 Å². The first-order valence-electron chi connectivity index (χ1n) is 8.01. The molecule has 0 aliphatic carbocycles. The van der Waals surface area contributed by atoms with Crippen LogP contribution in [0.3, 0.4) is 0 Å². The van der Waals surface area contributed by atoms with E-state index < -0.39 is 11.6 Å². The molecule has 0 bridgehead atoms. The van der Waals surface area contributed by atoms with Crippen molar-refractivity contribution in [3.8, 4) is 0 Å². The molecule has 2 N–H and O–H groups in total. The minimum absolute atomic E-state index is 0.0697. The van der Waals surface area contributed by atoms with E-state index in [1.165, 1.54) is 6.07 Å². The highest BCUT2D eigenvalue weighted by molar-refractivity contribution is 5.80. The van der Waals surface area contributed by atoms with E-state index in [4.69, 9.17) is 0 Å². The fourth-order valence-corrected chi connectivity index (χ4v) is 2.70. The van der Waals surface area contributed by atoms with Gasteiger partial charge in [-0.05, 0) is 31.5 Å². The second-order valence-corrected chi connectivity index (χ2v) is 5.67. The molecule has 0 amide bonds. The largest absolute Gasteiger partial charge is 0.357 e. The molecular weight excluding hydrogens is 314 g/mol. The fourth-order valence-electron chi connectivity index (χ4n) is 2.70. The zero-order valence-corrected chi connectivity index (χ0v) is 13.5. The van der Waals surface area contributed by atoms with Gasteiger partial charge in [-0.2, -0.15) is 5.10 Å². The van der Waals surface area contributed by atoms with Crippen LogP contribution in [0.2, 0.25) is 0 Å². The molecule has 1 aromatic heterocycles. The molecule has 6 nitrogen and oxygen atoms in total. The molecular formula is C16H20F2N6. The van der Waals surface area contributed by atoms with Crippen LogP contribution in [0.5, 0.6) is 0 Å². The van der Waals surface area contributed by atoms with Gasteiger partial charge in [-0.3, -0.25) is 0 Å². The average Bonchev–Trinajstić information content (AvgIpc) is 3.03. The monoisotopic (exact) mass is 334 g/mol. The van der Waals surface area contributed by atoms with Crippen molar-refractivity contribution in [3.63, 3.8) is 0 Å². The Morgan fingerprint density at radius 2 is 2.29 bits per heavy atom. The maximum Gasteiger partial charge on any atom is 0.191 e. The highest BCUT2D eigenvalue weighted by atomic mass is 19.1. The Balaban J connectivity index is 1.67. The lowest BCUT2D eigenvalue weighted by molar-refractivity contribution is 0.392. The molecule has 8 heteroatoms. The van der Waals surface area contributed by atoms with E-state index in [9.17, 15) is 8.78 Å². The third kappa shape index (κ3) is 3.87. The van der Waals surface area contributed by atoms with Gasteiger partial charge < -0.3 is 10.6 Å². The minimum atomic E-state index is -0.467. The first kappa shape index (κ1) is 16.4.